The molecule has 2 aromatic rings. The molecule has 1 atom stereocenters. The Balaban J connectivity index is 2.25. The average molecular weight is 359 g/mol. The number of carboxylic acids is 1. The number of benzene rings is 1. The zero-order valence-corrected chi connectivity index (χ0v) is 14.8. The van der Waals surface area contributed by atoms with E-state index in [4.69, 9.17) is 0 Å². The number of nitrogens with one attached hydrogen (secondary N) is 1. The van der Waals surface area contributed by atoms with Crippen LogP contribution in [0.25, 0.3) is 0 Å². The molecule has 0 fully saturated rings. The number of likely N-dealkylation sites (N-methyl/N-ethyl adjacent to an activating group) is 1. The molecule has 1 aromatic carbocycles. The van der Waals surface area contributed by atoms with Gasteiger partial charge in [0.05, 0.1) is 6.20 Å². The Labute approximate surface area is 150 Å². The molecule has 0 aliphatic rings. The third kappa shape index (κ3) is 3.88. The molecular weight excluding hydrogens is 338 g/mol. The quantitative estimate of drug-likeness (QED) is 0.743. The van der Waals surface area contributed by atoms with E-state index in [2.05, 4.69) is 15.6 Å². The van der Waals surface area contributed by atoms with E-state index >= 15 is 0 Å². The molecule has 2 amide bonds. The summed E-state index contributed by atoms with van der Waals surface area (Å²) in [5.41, 5.74) is -1.19. The van der Waals surface area contributed by atoms with Crippen molar-refractivity contribution in [2.24, 2.45) is 0 Å². The van der Waals surface area contributed by atoms with Crippen LogP contribution in [0, 0.1) is 0 Å². The van der Waals surface area contributed by atoms with Crippen LogP contribution in [0.2, 0.25) is 0 Å². The van der Waals surface area contributed by atoms with Crippen LogP contribution >= 0.6 is 0 Å². The van der Waals surface area contributed by atoms with Gasteiger partial charge in [-0.3, -0.25) is 9.59 Å². The van der Waals surface area contributed by atoms with Gasteiger partial charge in [0.15, 0.2) is 11.2 Å². The number of hydrogen-bond donors (Lipinski definition) is 2. The van der Waals surface area contributed by atoms with E-state index in [9.17, 15) is 19.5 Å². The first-order valence-electron chi connectivity index (χ1n) is 8.02. The Morgan fingerprint density at radius 3 is 2.42 bits per heavy atom. The van der Waals surface area contributed by atoms with Crippen LogP contribution in [0.15, 0.2) is 36.5 Å². The zero-order chi connectivity index (χ0) is 19.3. The molecule has 2 rings (SSSR count). The fourth-order valence-electron chi connectivity index (χ4n) is 2.43. The van der Waals surface area contributed by atoms with Crippen molar-refractivity contribution in [3.8, 4) is 0 Å². The molecule has 26 heavy (non-hydrogen) atoms. The second-order valence-corrected chi connectivity index (χ2v) is 5.97. The molecule has 9 heteroatoms. The van der Waals surface area contributed by atoms with Gasteiger partial charge < -0.3 is 15.3 Å². The van der Waals surface area contributed by atoms with Gasteiger partial charge in [0.25, 0.3) is 5.91 Å². The Kier molecular flexibility index (Phi) is 5.71. The van der Waals surface area contributed by atoms with Gasteiger partial charge in [-0.1, -0.05) is 42.5 Å². The second-order valence-electron chi connectivity index (χ2n) is 5.97. The summed E-state index contributed by atoms with van der Waals surface area (Å²) in [6.45, 7) is 1.61. The van der Waals surface area contributed by atoms with Gasteiger partial charge in [0, 0.05) is 14.1 Å². The monoisotopic (exact) mass is 359 g/mol. The molecule has 1 aromatic heterocycles. The second kappa shape index (κ2) is 7.77. The first kappa shape index (κ1) is 19.1. The van der Waals surface area contributed by atoms with Crippen LogP contribution in [0.1, 0.15) is 29.4 Å². The summed E-state index contributed by atoms with van der Waals surface area (Å²) >= 11 is 0. The minimum absolute atomic E-state index is 0.0634. The van der Waals surface area contributed by atoms with E-state index in [1.54, 1.807) is 51.4 Å². The first-order valence-corrected chi connectivity index (χ1v) is 8.02. The third-order valence-electron chi connectivity index (χ3n) is 4.06. The predicted octanol–water partition coefficient (Wildman–Crippen LogP) is 0.486. The van der Waals surface area contributed by atoms with E-state index in [1.807, 2.05) is 0 Å². The van der Waals surface area contributed by atoms with Crippen molar-refractivity contribution in [2.75, 3.05) is 14.1 Å². The van der Waals surface area contributed by atoms with Crippen LogP contribution in [0.4, 0.5) is 0 Å². The number of hydrogen-bond acceptors (Lipinski definition) is 5. The standard InChI is InChI=1S/C17H21N5O4/c1-4-17(16(25)26,12-8-6-5-7-9-12)18-15(24)13-10-22(20-19-13)11-14(23)21(2)3/h5-10H,4,11H2,1-3H3,(H,18,24)(H,25,26). The highest BCUT2D eigenvalue weighted by Crippen LogP contribution is 2.26. The SMILES string of the molecule is CCC(NC(=O)c1cn(CC(=O)N(C)C)nn1)(C(=O)O)c1ccccc1. The molecule has 1 unspecified atom stereocenters. The molecule has 0 bridgehead atoms. The molecule has 0 spiro atoms. The normalized spacial score (nSPS) is 12.9. The lowest BCUT2D eigenvalue weighted by atomic mass is 9.87. The van der Waals surface area contributed by atoms with Crippen molar-refractivity contribution in [1.82, 2.24) is 25.2 Å². The number of carboxylic acid groups (broad SMARTS) is 1. The molecule has 0 radical (unpaired) electrons. The number of amides is 2. The molecule has 0 saturated heterocycles. The molecule has 2 N–H and O–H groups in total. The highest BCUT2D eigenvalue weighted by molar-refractivity contribution is 5.96. The van der Waals surface area contributed by atoms with E-state index in [1.165, 1.54) is 15.8 Å². The molecule has 1 heterocycles. The number of nitrogens with zero attached hydrogens (tertiary/aromatic N) is 4. The Morgan fingerprint density at radius 1 is 1.23 bits per heavy atom. The summed E-state index contributed by atoms with van der Waals surface area (Å²) in [5, 5.41) is 19.8. The van der Waals surface area contributed by atoms with Crippen molar-refractivity contribution in [1.29, 1.82) is 0 Å². The number of rotatable bonds is 7. The Bertz CT molecular complexity index is 802. The van der Waals surface area contributed by atoms with Gasteiger partial charge in [-0.05, 0) is 12.0 Å². The summed E-state index contributed by atoms with van der Waals surface area (Å²) in [7, 11) is 3.21. The smallest absolute Gasteiger partial charge is 0.334 e. The number of carbonyl (C=O) groups is 3. The lowest BCUT2D eigenvalue weighted by Crippen LogP contribution is -2.51. The predicted molar refractivity (Wildman–Crippen MR) is 92.2 cm³/mol. The van der Waals surface area contributed by atoms with Gasteiger partial charge in [-0.2, -0.15) is 0 Å². The van der Waals surface area contributed by atoms with Gasteiger partial charge in [-0.15, -0.1) is 5.10 Å². The van der Waals surface area contributed by atoms with E-state index in [0.29, 0.717) is 5.56 Å². The largest absolute Gasteiger partial charge is 0.479 e. The van der Waals surface area contributed by atoms with Crippen LogP contribution in [-0.4, -0.2) is 56.9 Å². The average Bonchev–Trinajstić information content (AvgIpc) is 3.08. The fourth-order valence-corrected chi connectivity index (χ4v) is 2.43. The summed E-state index contributed by atoms with van der Waals surface area (Å²) in [4.78, 5) is 37.6. The number of aromatic nitrogens is 3. The van der Waals surface area contributed by atoms with Crippen molar-refractivity contribution < 1.29 is 19.5 Å². The minimum atomic E-state index is -1.58. The summed E-state index contributed by atoms with van der Waals surface area (Å²) in [6.07, 6.45) is 1.45. The van der Waals surface area contributed by atoms with Crippen LogP contribution in [0.3, 0.4) is 0 Å². The highest BCUT2D eigenvalue weighted by atomic mass is 16.4. The molecule has 0 saturated carbocycles. The maximum atomic E-state index is 12.5. The van der Waals surface area contributed by atoms with Crippen molar-refractivity contribution in [2.45, 2.75) is 25.4 Å². The maximum absolute atomic E-state index is 12.5. The lowest BCUT2D eigenvalue weighted by Gasteiger charge is -2.29. The number of carbonyl (C=O) groups excluding carboxylic acids is 2. The van der Waals surface area contributed by atoms with E-state index in [-0.39, 0.29) is 24.6 Å². The Morgan fingerprint density at radius 2 is 1.88 bits per heavy atom. The van der Waals surface area contributed by atoms with Crippen molar-refractivity contribution in [3.05, 3.63) is 47.8 Å². The lowest BCUT2D eigenvalue weighted by molar-refractivity contribution is -0.145. The molecule has 0 aliphatic heterocycles. The third-order valence-corrected chi connectivity index (χ3v) is 4.06. The zero-order valence-electron chi connectivity index (χ0n) is 14.8. The summed E-state index contributed by atoms with van der Waals surface area (Å²) in [6, 6.07) is 8.46. The van der Waals surface area contributed by atoms with Crippen molar-refractivity contribution >= 4 is 17.8 Å². The van der Waals surface area contributed by atoms with Crippen LogP contribution in [0.5, 0.6) is 0 Å². The van der Waals surface area contributed by atoms with Gasteiger partial charge in [0.1, 0.15) is 6.54 Å². The van der Waals surface area contributed by atoms with Gasteiger partial charge in [-0.25, -0.2) is 9.48 Å². The van der Waals surface area contributed by atoms with Gasteiger partial charge in [0.2, 0.25) is 5.91 Å². The van der Waals surface area contributed by atoms with Crippen molar-refractivity contribution in [3.63, 3.8) is 0 Å². The summed E-state index contributed by atoms with van der Waals surface area (Å²) in [5.74, 6) is -2.06. The Hall–Kier alpha value is -3.23. The molecule has 138 valence electrons. The highest BCUT2D eigenvalue weighted by Gasteiger charge is 2.40. The topological polar surface area (TPSA) is 117 Å². The molecule has 9 nitrogen and oxygen atoms in total. The number of aliphatic carboxylic acids is 1. The van der Waals surface area contributed by atoms with Crippen LogP contribution < -0.4 is 5.32 Å². The molecular formula is C17H21N5O4. The first-order chi connectivity index (χ1) is 12.3. The van der Waals surface area contributed by atoms with Gasteiger partial charge >= 0.3 is 5.97 Å². The fraction of sp³-hybridized carbons (Fsp3) is 0.353. The summed E-state index contributed by atoms with van der Waals surface area (Å²) < 4.78 is 1.23. The molecule has 0 aliphatic carbocycles. The van der Waals surface area contributed by atoms with Crippen LogP contribution in [-0.2, 0) is 21.7 Å². The van der Waals surface area contributed by atoms with E-state index < -0.39 is 17.4 Å². The minimum Gasteiger partial charge on any atom is -0.479 e. The van der Waals surface area contributed by atoms with E-state index in [0.717, 1.165) is 0 Å². The maximum Gasteiger partial charge on any atom is 0.334 e.